The number of amidine groups is 1. The maximum absolute atomic E-state index is 13.2. The molecule has 1 spiro atoms. The van der Waals surface area contributed by atoms with E-state index in [2.05, 4.69) is 13.5 Å². The molecule has 0 aromatic carbocycles. The molecule has 0 saturated carbocycles. The van der Waals surface area contributed by atoms with Crippen molar-refractivity contribution in [2.45, 2.75) is 70.8 Å². The van der Waals surface area contributed by atoms with E-state index in [0.29, 0.717) is 6.54 Å². The van der Waals surface area contributed by atoms with Gasteiger partial charge in [0.2, 0.25) is 0 Å². The number of carbonyl (C=O) groups excluding carboxylic acids is 2. The van der Waals surface area contributed by atoms with Crippen LogP contribution in [-0.2, 0) is 4.79 Å². The number of urea groups is 1. The van der Waals surface area contributed by atoms with Crippen molar-refractivity contribution < 1.29 is 9.59 Å². The van der Waals surface area contributed by atoms with E-state index in [1.807, 2.05) is 16.7 Å². The largest absolute Gasteiger partial charge is 0.325 e. The molecular weight excluding hydrogens is 328 g/mol. The number of hydrogen-bond donors (Lipinski definition) is 0. The van der Waals surface area contributed by atoms with Gasteiger partial charge < -0.3 is 9.80 Å². The van der Waals surface area contributed by atoms with E-state index in [0.717, 1.165) is 76.1 Å². The van der Waals surface area contributed by atoms with Crippen LogP contribution in [0.2, 0.25) is 0 Å². The Hall–Kier alpha value is -1.85. The molecule has 6 nitrogen and oxygen atoms in total. The van der Waals surface area contributed by atoms with Crippen molar-refractivity contribution in [3.05, 3.63) is 12.3 Å². The molecule has 3 heterocycles. The molecule has 26 heavy (non-hydrogen) atoms. The number of aliphatic imine (C=N–C) groups is 1. The smallest absolute Gasteiger partial charge is 0.320 e. The van der Waals surface area contributed by atoms with Crippen molar-refractivity contribution in [3.8, 4) is 0 Å². The van der Waals surface area contributed by atoms with Crippen LogP contribution in [0.4, 0.5) is 4.79 Å². The number of carbonyl (C=O) groups is 2. The molecule has 6 heteroatoms. The zero-order chi connectivity index (χ0) is 18.7. The summed E-state index contributed by atoms with van der Waals surface area (Å²) in [5, 5.41) is 0. The molecule has 0 aromatic heterocycles. The summed E-state index contributed by atoms with van der Waals surface area (Å²) in [5.41, 5.74) is -0.0765. The summed E-state index contributed by atoms with van der Waals surface area (Å²) in [5.74, 6) is 0.837. The molecule has 0 aliphatic carbocycles. The van der Waals surface area contributed by atoms with Gasteiger partial charge in [0.05, 0.1) is 6.54 Å². The fraction of sp³-hybridized carbons (Fsp3) is 0.750. The molecule has 0 radical (unpaired) electrons. The van der Waals surface area contributed by atoms with E-state index < -0.39 is 5.54 Å². The molecule has 3 aliphatic rings. The fourth-order valence-electron chi connectivity index (χ4n) is 4.32. The van der Waals surface area contributed by atoms with Gasteiger partial charge in [-0.3, -0.25) is 14.7 Å². The SMILES string of the molecule is C=C(C)N1C(=O)C2(CCCN(C(=O)N3CCCCC3)C2)N=C1CCCC. The maximum Gasteiger partial charge on any atom is 0.320 e. The van der Waals surface area contributed by atoms with Gasteiger partial charge in [0, 0.05) is 31.8 Å². The highest BCUT2D eigenvalue weighted by molar-refractivity contribution is 6.10. The molecule has 2 saturated heterocycles. The van der Waals surface area contributed by atoms with Crippen LogP contribution in [0.15, 0.2) is 17.3 Å². The van der Waals surface area contributed by atoms with Crippen molar-refractivity contribution >= 4 is 17.8 Å². The van der Waals surface area contributed by atoms with E-state index >= 15 is 0 Å². The zero-order valence-electron chi connectivity index (χ0n) is 16.3. The maximum atomic E-state index is 13.2. The van der Waals surface area contributed by atoms with Gasteiger partial charge in [-0.2, -0.15) is 0 Å². The van der Waals surface area contributed by atoms with Gasteiger partial charge >= 0.3 is 6.03 Å². The topological polar surface area (TPSA) is 56.2 Å². The summed E-state index contributed by atoms with van der Waals surface area (Å²) in [7, 11) is 0. The highest BCUT2D eigenvalue weighted by Crippen LogP contribution is 2.35. The summed E-state index contributed by atoms with van der Waals surface area (Å²) in [6, 6.07) is 0.0793. The van der Waals surface area contributed by atoms with Crippen LogP contribution >= 0.6 is 0 Å². The summed E-state index contributed by atoms with van der Waals surface area (Å²) >= 11 is 0. The number of likely N-dealkylation sites (tertiary alicyclic amines) is 2. The van der Waals surface area contributed by atoms with Gasteiger partial charge in [-0.1, -0.05) is 19.9 Å². The first-order valence-electron chi connectivity index (χ1n) is 10.1. The van der Waals surface area contributed by atoms with Gasteiger partial charge in [0.1, 0.15) is 5.84 Å². The number of hydrogen-bond acceptors (Lipinski definition) is 3. The lowest BCUT2D eigenvalue weighted by atomic mass is 9.89. The second-order valence-corrected chi connectivity index (χ2v) is 7.89. The van der Waals surface area contributed by atoms with Crippen LogP contribution in [0.25, 0.3) is 0 Å². The molecule has 144 valence electrons. The van der Waals surface area contributed by atoms with E-state index in [9.17, 15) is 9.59 Å². The third kappa shape index (κ3) is 3.51. The Morgan fingerprint density at radius 1 is 1.15 bits per heavy atom. The molecule has 0 bridgehead atoms. The molecule has 1 atom stereocenters. The summed E-state index contributed by atoms with van der Waals surface area (Å²) in [6.45, 7) is 10.8. The minimum Gasteiger partial charge on any atom is -0.325 e. The average molecular weight is 361 g/mol. The second kappa shape index (κ2) is 7.80. The minimum absolute atomic E-state index is 0.00671. The van der Waals surface area contributed by atoms with Crippen LogP contribution in [0.5, 0.6) is 0 Å². The van der Waals surface area contributed by atoms with Crippen LogP contribution in [0.1, 0.15) is 65.2 Å². The molecular formula is C20H32N4O2. The normalized spacial score (nSPS) is 26.5. The predicted molar refractivity (Wildman–Crippen MR) is 103 cm³/mol. The van der Waals surface area contributed by atoms with Gasteiger partial charge in [0.25, 0.3) is 5.91 Å². The summed E-state index contributed by atoms with van der Waals surface area (Å²) in [6.07, 6.45) is 7.74. The molecule has 3 amide bonds. The quantitative estimate of drug-likeness (QED) is 0.771. The van der Waals surface area contributed by atoms with Crippen molar-refractivity contribution in [2.24, 2.45) is 4.99 Å². The highest BCUT2D eigenvalue weighted by atomic mass is 16.2. The minimum atomic E-state index is -0.800. The number of nitrogens with zero attached hydrogens (tertiary/aromatic N) is 4. The lowest BCUT2D eigenvalue weighted by molar-refractivity contribution is -0.131. The Kier molecular flexibility index (Phi) is 5.68. The summed E-state index contributed by atoms with van der Waals surface area (Å²) < 4.78 is 0. The van der Waals surface area contributed by atoms with E-state index in [1.165, 1.54) is 6.42 Å². The van der Waals surface area contributed by atoms with Crippen LogP contribution in [-0.4, -0.2) is 64.2 Å². The number of rotatable bonds is 4. The van der Waals surface area contributed by atoms with Crippen LogP contribution in [0, 0.1) is 0 Å². The fourth-order valence-corrected chi connectivity index (χ4v) is 4.32. The third-order valence-electron chi connectivity index (χ3n) is 5.71. The van der Waals surface area contributed by atoms with E-state index in [1.54, 1.807) is 4.90 Å². The van der Waals surface area contributed by atoms with Gasteiger partial charge in [-0.25, -0.2) is 4.79 Å². The Balaban J connectivity index is 1.79. The Morgan fingerprint density at radius 2 is 1.85 bits per heavy atom. The monoisotopic (exact) mass is 360 g/mol. The lowest BCUT2D eigenvalue weighted by Crippen LogP contribution is -2.57. The molecule has 0 aromatic rings. The summed E-state index contributed by atoms with van der Waals surface area (Å²) in [4.78, 5) is 36.6. The van der Waals surface area contributed by atoms with Crippen molar-refractivity contribution in [1.29, 1.82) is 0 Å². The molecule has 3 aliphatic heterocycles. The first-order chi connectivity index (χ1) is 12.5. The standard InChI is InChI=1S/C20H32N4O2/c1-4-5-10-17-21-20(18(25)24(17)16(2)3)11-9-14-23(15-20)19(26)22-12-7-6-8-13-22/h2,4-15H2,1,3H3. The van der Waals surface area contributed by atoms with Crippen molar-refractivity contribution in [2.75, 3.05) is 26.2 Å². The Labute approximate surface area is 156 Å². The van der Waals surface area contributed by atoms with Gasteiger partial charge in [-0.05, 0) is 45.4 Å². The number of amides is 3. The van der Waals surface area contributed by atoms with Gasteiger partial charge in [-0.15, -0.1) is 0 Å². The van der Waals surface area contributed by atoms with Crippen molar-refractivity contribution in [1.82, 2.24) is 14.7 Å². The van der Waals surface area contributed by atoms with Crippen molar-refractivity contribution in [3.63, 3.8) is 0 Å². The first-order valence-corrected chi connectivity index (χ1v) is 10.1. The highest BCUT2D eigenvalue weighted by Gasteiger charge is 2.51. The zero-order valence-corrected chi connectivity index (χ0v) is 16.3. The molecule has 0 N–H and O–H groups in total. The van der Waals surface area contributed by atoms with Gasteiger partial charge in [0.15, 0.2) is 5.54 Å². The Morgan fingerprint density at radius 3 is 2.50 bits per heavy atom. The second-order valence-electron chi connectivity index (χ2n) is 7.89. The Bertz CT molecular complexity index is 609. The van der Waals surface area contributed by atoms with Crippen LogP contribution < -0.4 is 0 Å². The first kappa shape index (κ1) is 18.9. The van der Waals surface area contributed by atoms with E-state index in [4.69, 9.17) is 4.99 Å². The number of allylic oxidation sites excluding steroid dienone is 1. The lowest BCUT2D eigenvalue weighted by Gasteiger charge is -2.40. The average Bonchev–Trinajstić information content (AvgIpc) is 2.91. The van der Waals surface area contributed by atoms with Crippen LogP contribution in [0.3, 0.4) is 0 Å². The molecule has 2 fully saturated rings. The number of unbranched alkanes of at least 4 members (excludes halogenated alkanes) is 1. The molecule has 1 unspecified atom stereocenters. The number of piperidine rings is 2. The predicted octanol–water partition coefficient (Wildman–Crippen LogP) is 3.39. The molecule has 3 rings (SSSR count). The van der Waals surface area contributed by atoms with E-state index in [-0.39, 0.29) is 11.9 Å². The third-order valence-corrected chi connectivity index (χ3v) is 5.71.